The van der Waals surface area contributed by atoms with Gasteiger partial charge in [0.05, 0.1) is 18.2 Å². The molecule has 1 aromatic carbocycles. The molecule has 3 aromatic rings. The fraction of sp³-hybridized carbons (Fsp3) is 0.440. The first-order chi connectivity index (χ1) is 16.9. The number of fused-ring (bicyclic) bond motifs is 1. The number of methoxy groups -OCH3 is 1. The minimum Gasteiger partial charge on any atom is -0.495 e. The largest absolute Gasteiger partial charge is 0.495 e. The molecule has 1 amide bonds. The van der Waals surface area contributed by atoms with Crippen molar-refractivity contribution in [1.29, 1.82) is 0 Å². The molecule has 1 aliphatic carbocycles. The van der Waals surface area contributed by atoms with Crippen LogP contribution in [0, 0.1) is 0 Å². The number of nitrogens with one attached hydrogen (secondary N) is 1. The third kappa shape index (κ3) is 4.29. The second-order valence-electron chi connectivity index (χ2n) is 9.25. The SMILES string of the molecule is CCn1c(N)c(C(N)=O)c(=O)c2cnc(Nc3ccc(C4CCN(C5CC5)CC4)cc3OC)nc21. The van der Waals surface area contributed by atoms with Gasteiger partial charge in [-0.05, 0) is 69.3 Å². The van der Waals surface area contributed by atoms with Crippen molar-refractivity contribution in [3.05, 3.63) is 45.7 Å². The first kappa shape index (κ1) is 23.1. The van der Waals surface area contributed by atoms with Crippen molar-refractivity contribution in [1.82, 2.24) is 19.4 Å². The number of anilines is 3. The highest BCUT2D eigenvalue weighted by Crippen LogP contribution is 2.37. The van der Waals surface area contributed by atoms with Crippen LogP contribution in [0.15, 0.2) is 29.2 Å². The summed E-state index contributed by atoms with van der Waals surface area (Å²) in [5.41, 5.74) is 13.0. The zero-order valence-electron chi connectivity index (χ0n) is 20.1. The fourth-order valence-corrected chi connectivity index (χ4v) is 5.08. The quantitative estimate of drug-likeness (QED) is 0.471. The number of hydrogen-bond acceptors (Lipinski definition) is 8. The summed E-state index contributed by atoms with van der Waals surface area (Å²) in [4.78, 5) is 36.0. The van der Waals surface area contributed by atoms with Crippen LogP contribution < -0.4 is 26.9 Å². The lowest BCUT2D eigenvalue weighted by atomic mass is 9.89. The molecule has 10 nitrogen and oxygen atoms in total. The van der Waals surface area contributed by atoms with Crippen LogP contribution in [0.4, 0.5) is 17.5 Å². The number of carbonyl (C=O) groups excluding carboxylic acids is 1. The molecular formula is C25H31N7O3. The number of pyridine rings is 1. The summed E-state index contributed by atoms with van der Waals surface area (Å²) in [5, 5.41) is 3.38. The molecule has 0 unspecified atom stereocenters. The van der Waals surface area contributed by atoms with Gasteiger partial charge in [-0.3, -0.25) is 9.59 Å². The zero-order chi connectivity index (χ0) is 24.7. The number of hydrogen-bond donors (Lipinski definition) is 3. The predicted octanol–water partition coefficient (Wildman–Crippen LogP) is 2.59. The number of primary amides is 1. The Balaban J connectivity index is 1.42. The van der Waals surface area contributed by atoms with E-state index >= 15 is 0 Å². The summed E-state index contributed by atoms with van der Waals surface area (Å²) in [7, 11) is 1.64. The van der Waals surface area contributed by atoms with E-state index < -0.39 is 11.3 Å². The van der Waals surface area contributed by atoms with Crippen LogP contribution in [0.2, 0.25) is 0 Å². The lowest BCUT2D eigenvalue weighted by molar-refractivity contribution is 0.1000. The lowest BCUT2D eigenvalue weighted by Crippen LogP contribution is -2.34. The number of carbonyl (C=O) groups is 1. The van der Waals surface area contributed by atoms with E-state index in [1.807, 2.05) is 13.0 Å². The lowest BCUT2D eigenvalue weighted by Gasteiger charge is -2.32. The number of nitrogens with zero attached hydrogens (tertiary/aromatic N) is 4. The van der Waals surface area contributed by atoms with Crippen molar-refractivity contribution in [3.8, 4) is 5.75 Å². The third-order valence-electron chi connectivity index (χ3n) is 7.14. The Kier molecular flexibility index (Phi) is 6.06. The van der Waals surface area contributed by atoms with Gasteiger partial charge in [-0.25, -0.2) is 4.98 Å². The van der Waals surface area contributed by atoms with Crippen LogP contribution in [-0.4, -0.2) is 51.6 Å². The number of ether oxygens (including phenoxy) is 1. The molecule has 2 aromatic heterocycles. The van der Waals surface area contributed by atoms with Crippen LogP contribution in [0.3, 0.4) is 0 Å². The second-order valence-corrected chi connectivity index (χ2v) is 9.25. The number of aryl methyl sites for hydroxylation is 1. The van der Waals surface area contributed by atoms with E-state index in [2.05, 4.69) is 32.3 Å². The summed E-state index contributed by atoms with van der Waals surface area (Å²) in [6.45, 7) is 4.55. The van der Waals surface area contributed by atoms with Crippen molar-refractivity contribution in [2.24, 2.45) is 5.73 Å². The molecule has 0 radical (unpaired) electrons. The molecule has 184 valence electrons. The Bertz CT molecular complexity index is 1340. The topological polar surface area (TPSA) is 141 Å². The van der Waals surface area contributed by atoms with Crippen molar-refractivity contribution < 1.29 is 9.53 Å². The monoisotopic (exact) mass is 477 g/mol. The molecule has 0 bridgehead atoms. The van der Waals surface area contributed by atoms with Gasteiger partial charge in [-0.15, -0.1) is 0 Å². The van der Waals surface area contributed by atoms with Gasteiger partial charge in [-0.2, -0.15) is 4.98 Å². The Morgan fingerprint density at radius 1 is 1.23 bits per heavy atom. The number of piperidine rings is 1. The minimum absolute atomic E-state index is 0.00295. The molecule has 2 fully saturated rings. The van der Waals surface area contributed by atoms with E-state index in [0.29, 0.717) is 23.9 Å². The molecule has 2 aliphatic rings. The molecule has 1 aliphatic heterocycles. The van der Waals surface area contributed by atoms with Crippen LogP contribution in [0.1, 0.15) is 54.4 Å². The molecule has 1 saturated carbocycles. The summed E-state index contributed by atoms with van der Waals surface area (Å²) < 4.78 is 7.26. The molecule has 0 spiro atoms. The maximum absolute atomic E-state index is 12.8. The first-order valence-electron chi connectivity index (χ1n) is 12.1. The highest BCUT2D eigenvalue weighted by Gasteiger charge is 2.32. The smallest absolute Gasteiger partial charge is 0.256 e. The average molecular weight is 478 g/mol. The van der Waals surface area contributed by atoms with Gasteiger partial charge < -0.3 is 31.0 Å². The van der Waals surface area contributed by atoms with Gasteiger partial charge in [0.2, 0.25) is 11.4 Å². The molecule has 1 saturated heterocycles. The number of rotatable bonds is 7. The number of likely N-dealkylation sites (tertiary alicyclic amines) is 1. The van der Waals surface area contributed by atoms with Gasteiger partial charge in [0, 0.05) is 18.8 Å². The van der Waals surface area contributed by atoms with Crippen molar-refractivity contribution in [2.75, 3.05) is 31.2 Å². The molecular weight excluding hydrogens is 446 g/mol. The third-order valence-corrected chi connectivity index (χ3v) is 7.14. The van der Waals surface area contributed by atoms with Gasteiger partial charge in [0.25, 0.3) is 5.91 Å². The number of aromatic nitrogens is 3. The summed E-state index contributed by atoms with van der Waals surface area (Å²) in [6.07, 6.45) is 6.40. The van der Waals surface area contributed by atoms with E-state index in [4.69, 9.17) is 16.2 Å². The second kappa shape index (κ2) is 9.18. The van der Waals surface area contributed by atoms with Crippen LogP contribution in [-0.2, 0) is 6.54 Å². The normalized spacial score (nSPS) is 17.0. The molecule has 3 heterocycles. The highest BCUT2D eigenvalue weighted by molar-refractivity contribution is 6.00. The Morgan fingerprint density at radius 2 is 1.97 bits per heavy atom. The van der Waals surface area contributed by atoms with Gasteiger partial charge in [0.1, 0.15) is 17.1 Å². The average Bonchev–Trinajstić information content (AvgIpc) is 3.70. The molecule has 5 rings (SSSR count). The predicted molar refractivity (Wildman–Crippen MR) is 135 cm³/mol. The fourth-order valence-electron chi connectivity index (χ4n) is 5.08. The maximum Gasteiger partial charge on any atom is 0.256 e. The van der Waals surface area contributed by atoms with Crippen molar-refractivity contribution >= 4 is 34.4 Å². The molecule has 10 heteroatoms. The van der Waals surface area contributed by atoms with Gasteiger partial charge in [-0.1, -0.05) is 6.07 Å². The molecule has 0 atom stereocenters. The van der Waals surface area contributed by atoms with Crippen LogP contribution in [0.25, 0.3) is 11.0 Å². The van der Waals surface area contributed by atoms with Crippen LogP contribution in [0.5, 0.6) is 5.75 Å². The Labute approximate surface area is 203 Å². The van der Waals surface area contributed by atoms with E-state index in [1.54, 1.807) is 11.7 Å². The number of nitrogen functional groups attached to an aromatic ring is 1. The summed E-state index contributed by atoms with van der Waals surface area (Å²) in [6, 6.07) is 7.01. The summed E-state index contributed by atoms with van der Waals surface area (Å²) >= 11 is 0. The van der Waals surface area contributed by atoms with E-state index in [9.17, 15) is 9.59 Å². The Hall–Kier alpha value is -3.66. The van der Waals surface area contributed by atoms with E-state index in [-0.39, 0.29) is 22.7 Å². The van der Waals surface area contributed by atoms with Gasteiger partial charge >= 0.3 is 0 Å². The molecule has 35 heavy (non-hydrogen) atoms. The van der Waals surface area contributed by atoms with Crippen molar-refractivity contribution in [3.63, 3.8) is 0 Å². The molecule has 5 N–H and O–H groups in total. The first-order valence-corrected chi connectivity index (χ1v) is 12.1. The van der Waals surface area contributed by atoms with Gasteiger partial charge in [0.15, 0.2) is 5.65 Å². The number of amides is 1. The minimum atomic E-state index is -0.873. The Morgan fingerprint density at radius 3 is 2.60 bits per heavy atom. The highest BCUT2D eigenvalue weighted by atomic mass is 16.5. The number of benzene rings is 1. The summed E-state index contributed by atoms with van der Waals surface area (Å²) in [5.74, 6) is 0.631. The van der Waals surface area contributed by atoms with Crippen LogP contribution >= 0.6 is 0 Å². The standard InChI is InChI=1S/C25H31N7O3/c1-3-32-22(26)20(23(27)34)21(33)17-13-28-25(30-24(17)32)29-18-7-4-15(12-19(18)35-2)14-8-10-31(11-9-14)16-5-6-16/h4,7,12-14,16H,3,5-6,8-11,26H2,1-2H3,(H2,27,34)(H,28,29,30). The van der Waals surface area contributed by atoms with Crippen molar-refractivity contribution in [2.45, 2.75) is 51.1 Å². The number of nitrogens with two attached hydrogens (primary N) is 2. The van der Waals surface area contributed by atoms with E-state index in [0.717, 1.165) is 37.7 Å². The zero-order valence-corrected chi connectivity index (χ0v) is 20.1. The maximum atomic E-state index is 12.8. The van der Waals surface area contributed by atoms with E-state index in [1.165, 1.54) is 24.6 Å².